The van der Waals surface area contributed by atoms with Gasteiger partial charge in [0.05, 0.1) is 24.9 Å². The molecule has 33 heavy (non-hydrogen) atoms. The summed E-state index contributed by atoms with van der Waals surface area (Å²) >= 11 is 12.6. The van der Waals surface area contributed by atoms with Crippen LogP contribution in [0.25, 0.3) is 21.8 Å². The summed E-state index contributed by atoms with van der Waals surface area (Å²) in [5, 5.41) is 6.35. The van der Waals surface area contributed by atoms with Gasteiger partial charge in [0.25, 0.3) is 5.91 Å². The number of nitrogens with zero attached hydrogens (tertiary/aromatic N) is 3. The summed E-state index contributed by atoms with van der Waals surface area (Å²) in [6.45, 7) is 5.22. The van der Waals surface area contributed by atoms with E-state index in [0.717, 1.165) is 60.2 Å². The third-order valence-corrected chi connectivity index (χ3v) is 6.65. The van der Waals surface area contributed by atoms with E-state index < -0.39 is 0 Å². The smallest absolute Gasteiger partial charge is 0.269 e. The van der Waals surface area contributed by atoms with E-state index in [9.17, 15) is 4.79 Å². The van der Waals surface area contributed by atoms with Gasteiger partial charge in [0, 0.05) is 59.1 Å². The number of para-hydroxylation sites is 1. The maximum absolute atomic E-state index is 12.8. The number of carbonyl (C=O) groups is 1. The monoisotopic (exact) mass is 482 g/mol. The number of morpholine rings is 1. The topological polar surface area (TPSA) is 59.4 Å². The van der Waals surface area contributed by atoms with Crippen molar-refractivity contribution in [2.75, 3.05) is 39.4 Å². The number of benzene rings is 2. The van der Waals surface area contributed by atoms with Gasteiger partial charge in [-0.25, -0.2) is 4.98 Å². The average Bonchev–Trinajstić information content (AvgIpc) is 3.15. The Labute approximate surface area is 202 Å². The van der Waals surface area contributed by atoms with Gasteiger partial charge >= 0.3 is 0 Å². The fourth-order valence-electron chi connectivity index (χ4n) is 4.32. The van der Waals surface area contributed by atoms with Crippen molar-refractivity contribution in [1.82, 2.24) is 19.8 Å². The third-order valence-electron chi connectivity index (χ3n) is 6.04. The second kappa shape index (κ2) is 9.69. The maximum Gasteiger partial charge on any atom is 0.269 e. The number of amides is 1. The van der Waals surface area contributed by atoms with Crippen LogP contribution in [0.5, 0.6) is 0 Å². The first-order valence-corrected chi connectivity index (χ1v) is 11.7. The molecule has 1 saturated heterocycles. The van der Waals surface area contributed by atoms with Crippen molar-refractivity contribution in [3.05, 3.63) is 76.0 Å². The molecule has 6 nitrogen and oxygen atoms in total. The summed E-state index contributed by atoms with van der Waals surface area (Å²) in [5.74, 6) is -0.167. The van der Waals surface area contributed by atoms with Crippen LogP contribution in [0.15, 0.2) is 54.7 Å². The van der Waals surface area contributed by atoms with Crippen LogP contribution in [0.2, 0.25) is 10.0 Å². The molecule has 0 saturated carbocycles. The number of carbonyl (C=O) groups excluding carboxylic acids is 1. The highest BCUT2D eigenvalue weighted by Gasteiger charge is 2.16. The molecule has 2 aromatic heterocycles. The van der Waals surface area contributed by atoms with Gasteiger partial charge in [-0.2, -0.15) is 0 Å². The molecule has 1 amide bonds. The van der Waals surface area contributed by atoms with E-state index >= 15 is 0 Å². The molecule has 0 unspecified atom stereocenters. The maximum atomic E-state index is 12.8. The third kappa shape index (κ3) is 4.70. The number of rotatable bonds is 6. The van der Waals surface area contributed by atoms with Gasteiger partial charge in [0.15, 0.2) is 0 Å². The zero-order valence-electron chi connectivity index (χ0n) is 18.1. The van der Waals surface area contributed by atoms with Crippen LogP contribution >= 0.6 is 23.2 Å². The Morgan fingerprint density at radius 1 is 1.03 bits per heavy atom. The largest absolute Gasteiger partial charge is 0.379 e. The molecule has 5 rings (SSSR count). The highest BCUT2D eigenvalue weighted by Crippen LogP contribution is 2.31. The Bertz CT molecular complexity index is 1310. The molecule has 0 bridgehead atoms. The van der Waals surface area contributed by atoms with Crippen molar-refractivity contribution >= 4 is 50.9 Å². The zero-order chi connectivity index (χ0) is 22.8. The predicted octanol–water partition coefficient (Wildman–Crippen LogP) is 4.61. The molecule has 1 N–H and O–H groups in total. The summed E-state index contributed by atoms with van der Waals surface area (Å²) in [6, 6.07) is 15.5. The predicted molar refractivity (Wildman–Crippen MR) is 132 cm³/mol. The van der Waals surface area contributed by atoms with E-state index in [1.165, 1.54) is 0 Å². The molecule has 1 aliphatic rings. The van der Waals surface area contributed by atoms with Crippen LogP contribution in [0.1, 0.15) is 16.1 Å². The molecule has 8 heteroatoms. The molecule has 0 spiro atoms. The lowest BCUT2D eigenvalue weighted by Gasteiger charge is -2.26. The van der Waals surface area contributed by atoms with Gasteiger partial charge in [0.2, 0.25) is 0 Å². The van der Waals surface area contributed by atoms with Crippen LogP contribution in [0.3, 0.4) is 0 Å². The highest BCUT2D eigenvalue weighted by molar-refractivity contribution is 6.33. The van der Waals surface area contributed by atoms with Crippen molar-refractivity contribution in [2.45, 2.75) is 6.54 Å². The zero-order valence-corrected chi connectivity index (χ0v) is 19.6. The first-order valence-electron chi connectivity index (χ1n) is 11.0. The number of hydrogen-bond donors (Lipinski definition) is 1. The van der Waals surface area contributed by atoms with Crippen LogP contribution < -0.4 is 5.32 Å². The lowest BCUT2D eigenvalue weighted by atomic mass is 10.1. The molecule has 0 aliphatic carbocycles. The minimum absolute atomic E-state index is 0.167. The molecule has 2 aromatic carbocycles. The van der Waals surface area contributed by atoms with Gasteiger partial charge in [-0.3, -0.25) is 9.69 Å². The van der Waals surface area contributed by atoms with Gasteiger partial charge in [0.1, 0.15) is 5.69 Å². The Morgan fingerprint density at radius 2 is 1.85 bits per heavy atom. The number of aromatic nitrogens is 2. The van der Waals surface area contributed by atoms with Crippen molar-refractivity contribution in [1.29, 1.82) is 0 Å². The first-order chi connectivity index (χ1) is 16.1. The number of halogens is 2. The SMILES string of the molecule is O=C(NCCN1CCOCC1)c1cc2c3ccccc3n(Cc3cc(Cl)ccc3Cl)c2cn1. The van der Waals surface area contributed by atoms with E-state index in [1.807, 2.05) is 30.3 Å². The van der Waals surface area contributed by atoms with Crippen molar-refractivity contribution in [3.63, 3.8) is 0 Å². The Morgan fingerprint density at radius 3 is 2.70 bits per heavy atom. The highest BCUT2D eigenvalue weighted by atomic mass is 35.5. The van der Waals surface area contributed by atoms with Gasteiger partial charge in [-0.1, -0.05) is 41.4 Å². The summed E-state index contributed by atoms with van der Waals surface area (Å²) < 4.78 is 7.53. The van der Waals surface area contributed by atoms with Crippen LogP contribution in [-0.2, 0) is 11.3 Å². The number of hydrogen-bond acceptors (Lipinski definition) is 4. The van der Waals surface area contributed by atoms with Crippen molar-refractivity contribution in [3.8, 4) is 0 Å². The molecule has 0 atom stereocenters. The fourth-order valence-corrected chi connectivity index (χ4v) is 4.69. The molecular weight excluding hydrogens is 459 g/mol. The summed E-state index contributed by atoms with van der Waals surface area (Å²) in [6.07, 6.45) is 1.77. The minimum atomic E-state index is -0.167. The van der Waals surface area contributed by atoms with Crippen LogP contribution in [-0.4, -0.2) is 59.8 Å². The fraction of sp³-hybridized carbons (Fsp3) is 0.280. The minimum Gasteiger partial charge on any atom is -0.379 e. The molecule has 170 valence electrons. The van der Waals surface area contributed by atoms with Gasteiger partial charge < -0.3 is 14.6 Å². The molecule has 1 aliphatic heterocycles. The normalized spacial score (nSPS) is 14.7. The van der Waals surface area contributed by atoms with E-state index in [1.54, 1.807) is 12.3 Å². The van der Waals surface area contributed by atoms with Gasteiger partial charge in [-0.05, 0) is 35.9 Å². The lowest BCUT2D eigenvalue weighted by molar-refractivity contribution is 0.0383. The van der Waals surface area contributed by atoms with Crippen molar-refractivity contribution < 1.29 is 9.53 Å². The van der Waals surface area contributed by atoms with Crippen LogP contribution in [0, 0.1) is 0 Å². The number of ether oxygens (including phenoxy) is 1. The standard InChI is InChI=1S/C25H24Cl2N4O2/c26-18-5-6-21(27)17(13-18)16-31-23-4-2-1-3-19(23)20-14-22(29-15-24(20)31)25(32)28-7-8-30-9-11-33-12-10-30/h1-6,13-15H,7-12,16H2,(H,28,32). The summed E-state index contributed by atoms with van der Waals surface area (Å²) in [5.41, 5.74) is 3.33. The Balaban J connectivity index is 1.42. The van der Waals surface area contributed by atoms with Crippen LogP contribution in [0.4, 0.5) is 0 Å². The van der Waals surface area contributed by atoms with E-state index in [2.05, 4.69) is 31.9 Å². The Hall–Kier alpha value is -2.64. The second-order valence-corrected chi connectivity index (χ2v) is 8.98. The quantitative estimate of drug-likeness (QED) is 0.436. The number of nitrogens with one attached hydrogen (secondary N) is 1. The molecule has 0 radical (unpaired) electrons. The lowest BCUT2D eigenvalue weighted by Crippen LogP contribution is -2.41. The van der Waals surface area contributed by atoms with E-state index in [4.69, 9.17) is 27.9 Å². The van der Waals surface area contributed by atoms with E-state index in [-0.39, 0.29) is 5.91 Å². The molecular formula is C25H24Cl2N4O2. The van der Waals surface area contributed by atoms with Gasteiger partial charge in [-0.15, -0.1) is 0 Å². The Kier molecular flexibility index (Phi) is 6.51. The summed E-state index contributed by atoms with van der Waals surface area (Å²) in [4.78, 5) is 19.6. The number of pyridine rings is 1. The second-order valence-electron chi connectivity index (χ2n) is 8.14. The average molecular weight is 483 g/mol. The number of fused-ring (bicyclic) bond motifs is 3. The van der Waals surface area contributed by atoms with Crippen molar-refractivity contribution in [2.24, 2.45) is 0 Å². The molecule has 1 fully saturated rings. The molecule has 4 aromatic rings. The van der Waals surface area contributed by atoms with E-state index in [0.29, 0.717) is 28.8 Å². The molecule has 3 heterocycles. The summed E-state index contributed by atoms with van der Waals surface area (Å²) in [7, 11) is 0. The first kappa shape index (κ1) is 22.2.